The minimum absolute atomic E-state index is 0.0245. The van der Waals surface area contributed by atoms with Crippen LogP contribution in [0.4, 0.5) is 0 Å². The summed E-state index contributed by atoms with van der Waals surface area (Å²) in [7, 11) is 0. The lowest BCUT2D eigenvalue weighted by Gasteiger charge is -2.28. The highest BCUT2D eigenvalue weighted by molar-refractivity contribution is 5.40. The van der Waals surface area contributed by atoms with E-state index in [0.29, 0.717) is 19.8 Å². The lowest BCUT2D eigenvalue weighted by molar-refractivity contribution is 0.233. The number of nitrogens with one attached hydrogen (secondary N) is 1. The summed E-state index contributed by atoms with van der Waals surface area (Å²) < 4.78 is 11.5. The van der Waals surface area contributed by atoms with Gasteiger partial charge in [0.25, 0.3) is 5.56 Å². The molecule has 6 nitrogen and oxygen atoms in total. The third-order valence-electron chi connectivity index (χ3n) is 4.73. The Kier molecular flexibility index (Phi) is 6.50. The predicted molar refractivity (Wildman–Crippen MR) is 105 cm³/mol. The average molecular weight is 371 g/mol. The van der Waals surface area contributed by atoms with E-state index in [1.165, 1.54) is 0 Å². The van der Waals surface area contributed by atoms with Gasteiger partial charge < -0.3 is 14.5 Å². The minimum Gasteiger partial charge on any atom is -0.494 e. The Morgan fingerprint density at radius 3 is 2.74 bits per heavy atom. The fourth-order valence-corrected chi connectivity index (χ4v) is 3.51. The van der Waals surface area contributed by atoms with Crippen molar-refractivity contribution in [3.05, 3.63) is 51.2 Å². The summed E-state index contributed by atoms with van der Waals surface area (Å²) >= 11 is 0. The molecule has 0 saturated carbocycles. The van der Waals surface area contributed by atoms with E-state index in [9.17, 15) is 4.79 Å². The molecular formula is C21H29N3O3. The first-order valence-electron chi connectivity index (χ1n) is 9.86. The zero-order chi connectivity index (χ0) is 19.2. The highest BCUT2D eigenvalue weighted by atomic mass is 16.5. The fraction of sp³-hybridized carbons (Fsp3) is 0.524. The molecule has 6 heteroatoms. The Morgan fingerprint density at radius 2 is 2.00 bits per heavy atom. The van der Waals surface area contributed by atoms with Crippen molar-refractivity contribution >= 4 is 0 Å². The van der Waals surface area contributed by atoms with E-state index in [2.05, 4.69) is 22.9 Å². The van der Waals surface area contributed by atoms with E-state index in [1.807, 2.05) is 26.0 Å². The predicted octanol–water partition coefficient (Wildman–Crippen LogP) is 3.08. The van der Waals surface area contributed by atoms with Gasteiger partial charge >= 0.3 is 0 Å². The molecule has 0 bridgehead atoms. The second-order valence-corrected chi connectivity index (χ2v) is 6.78. The first-order chi connectivity index (χ1) is 13.1. The van der Waals surface area contributed by atoms with Gasteiger partial charge in [0.2, 0.25) is 0 Å². The largest absolute Gasteiger partial charge is 0.494 e. The van der Waals surface area contributed by atoms with E-state index in [0.717, 1.165) is 66.5 Å². The van der Waals surface area contributed by atoms with Crippen LogP contribution in [-0.2, 0) is 25.9 Å². The maximum absolute atomic E-state index is 12.3. The van der Waals surface area contributed by atoms with E-state index in [-0.39, 0.29) is 5.56 Å². The van der Waals surface area contributed by atoms with Crippen LogP contribution in [0.25, 0.3) is 0 Å². The van der Waals surface area contributed by atoms with Crippen molar-refractivity contribution in [3.8, 4) is 11.5 Å². The Morgan fingerprint density at radius 1 is 1.19 bits per heavy atom. The molecule has 2 heterocycles. The van der Waals surface area contributed by atoms with E-state index >= 15 is 0 Å². The molecular weight excluding hydrogens is 342 g/mol. The van der Waals surface area contributed by atoms with Crippen LogP contribution in [0.15, 0.2) is 23.0 Å². The van der Waals surface area contributed by atoms with Gasteiger partial charge in [-0.25, -0.2) is 4.98 Å². The summed E-state index contributed by atoms with van der Waals surface area (Å²) in [4.78, 5) is 22.3. The molecule has 0 atom stereocenters. The molecule has 146 valence electrons. The Bertz CT molecular complexity index is 832. The number of aromatic amines is 1. The second-order valence-electron chi connectivity index (χ2n) is 6.78. The highest BCUT2D eigenvalue weighted by Crippen LogP contribution is 2.27. The van der Waals surface area contributed by atoms with Crippen molar-refractivity contribution in [2.45, 2.75) is 53.1 Å². The first-order valence-corrected chi connectivity index (χ1v) is 9.86. The molecule has 0 fully saturated rings. The Balaban J connectivity index is 1.81. The molecule has 1 aromatic carbocycles. The van der Waals surface area contributed by atoms with Crippen LogP contribution < -0.4 is 15.0 Å². The van der Waals surface area contributed by atoms with Gasteiger partial charge in [-0.1, -0.05) is 6.92 Å². The summed E-state index contributed by atoms with van der Waals surface area (Å²) in [5.74, 6) is 2.53. The molecule has 1 aliphatic rings. The monoisotopic (exact) mass is 371 g/mol. The number of hydrogen-bond acceptors (Lipinski definition) is 5. The van der Waals surface area contributed by atoms with Crippen molar-refractivity contribution in [1.82, 2.24) is 14.9 Å². The molecule has 2 aromatic rings. The molecule has 3 rings (SSSR count). The molecule has 1 aromatic heterocycles. The molecule has 0 saturated heterocycles. The second kappa shape index (κ2) is 9.04. The maximum Gasteiger partial charge on any atom is 0.254 e. The summed E-state index contributed by atoms with van der Waals surface area (Å²) in [6.07, 6.45) is 2.49. The van der Waals surface area contributed by atoms with Crippen LogP contribution in [0.1, 0.15) is 49.8 Å². The van der Waals surface area contributed by atoms with Crippen LogP contribution in [0.3, 0.4) is 0 Å². The van der Waals surface area contributed by atoms with Gasteiger partial charge in [-0.3, -0.25) is 9.69 Å². The number of aryl methyl sites for hydroxylation is 1. The minimum atomic E-state index is 0.0245. The number of aromatic nitrogens is 2. The normalized spacial score (nSPS) is 14.0. The van der Waals surface area contributed by atoms with Gasteiger partial charge in [0.15, 0.2) is 0 Å². The highest BCUT2D eigenvalue weighted by Gasteiger charge is 2.22. The molecule has 0 aliphatic carbocycles. The quantitative estimate of drug-likeness (QED) is 0.772. The molecule has 0 radical (unpaired) electrons. The Hall–Kier alpha value is -2.34. The van der Waals surface area contributed by atoms with Gasteiger partial charge in [-0.05, 0) is 44.9 Å². The zero-order valence-electron chi connectivity index (χ0n) is 16.5. The van der Waals surface area contributed by atoms with Gasteiger partial charge in [-0.2, -0.15) is 0 Å². The molecule has 0 unspecified atom stereocenters. The number of benzene rings is 1. The number of hydrogen-bond donors (Lipinski definition) is 1. The summed E-state index contributed by atoms with van der Waals surface area (Å²) in [5.41, 5.74) is 2.87. The van der Waals surface area contributed by atoms with Crippen LogP contribution in [0, 0.1) is 0 Å². The van der Waals surface area contributed by atoms with Crippen LogP contribution in [-0.4, -0.2) is 34.6 Å². The first kappa shape index (κ1) is 19.4. The topological polar surface area (TPSA) is 67.5 Å². The van der Waals surface area contributed by atoms with Crippen molar-refractivity contribution in [2.24, 2.45) is 0 Å². The molecule has 27 heavy (non-hydrogen) atoms. The van der Waals surface area contributed by atoms with E-state index in [4.69, 9.17) is 14.5 Å². The zero-order valence-corrected chi connectivity index (χ0v) is 16.5. The summed E-state index contributed by atoms with van der Waals surface area (Å²) in [6, 6.07) is 5.98. The maximum atomic E-state index is 12.3. The van der Waals surface area contributed by atoms with E-state index < -0.39 is 0 Å². The number of nitrogens with zero attached hydrogens (tertiary/aromatic N) is 2. The third-order valence-corrected chi connectivity index (χ3v) is 4.73. The van der Waals surface area contributed by atoms with Crippen molar-refractivity contribution in [1.29, 1.82) is 0 Å². The number of rotatable bonds is 8. The van der Waals surface area contributed by atoms with Crippen LogP contribution >= 0.6 is 0 Å². The Labute approximate surface area is 160 Å². The fourth-order valence-electron chi connectivity index (χ4n) is 3.51. The standard InChI is InChI=1S/C21H29N3O3/c1-4-7-20-22-18-14-24(11-10-17(18)21(25)23-20)13-15-12-16(26-5-2)8-9-19(15)27-6-3/h8-9,12H,4-7,10-11,13-14H2,1-3H3,(H,22,23,25). The third kappa shape index (κ3) is 4.69. The van der Waals surface area contributed by atoms with Gasteiger partial charge in [0.05, 0.1) is 18.9 Å². The smallest absolute Gasteiger partial charge is 0.254 e. The van der Waals surface area contributed by atoms with Crippen molar-refractivity contribution < 1.29 is 9.47 Å². The van der Waals surface area contributed by atoms with Gasteiger partial charge in [-0.15, -0.1) is 0 Å². The van der Waals surface area contributed by atoms with Crippen molar-refractivity contribution in [2.75, 3.05) is 19.8 Å². The van der Waals surface area contributed by atoms with E-state index in [1.54, 1.807) is 0 Å². The van der Waals surface area contributed by atoms with Crippen molar-refractivity contribution in [3.63, 3.8) is 0 Å². The lowest BCUT2D eigenvalue weighted by atomic mass is 10.0. The molecule has 0 spiro atoms. The molecule has 0 amide bonds. The lowest BCUT2D eigenvalue weighted by Crippen LogP contribution is -2.35. The van der Waals surface area contributed by atoms with Crippen LogP contribution in [0.5, 0.6) is 11.5 Å². The summed E-state index contributed by atoms with van der Waals surface area (Å²) in [5, 5.41) is 0. The SMILES string of the molecule is CCCc1nc2c(c(=O)[nH]1)CCN(Cc1cc(OCC)ccc1OCC)C2. The number of fused-ring (bicyclic) bond motifs is 1. The molecule has 1 N–H and O–H groups in total. The summed E-state index contributed by atoms with van der Waals surface area (Å²) in [6.45, 7) is 9.57. The average Bonchev–Trinajstić information content (AvgIpc) is 2.64. The number of ether oxygens (including phenoxy) is 2. The number of H-pyrrole nitrogens is 1. The van der Waals surface area contributed by atoms with Gasteiger partial charge in [0, 0.05) is 37.2 Å². The van der Waals surface area contributed by atoms with Gasteiger partial charge in [0.1, 0.15) is 17.3 Å². The molecule has 1 aliphatic heterocycles. The van der Waals surface area contributed by atoms with Crippen LogP contribution in [0.2, 0.25) is 0 Å².